The Hall–Kier alpha value is -2.72. The molecule has 0 bridgehead atoms. The summed E-state index contributed by atoms with van der Waals surface area (Å²) < 4.78 is 16.2. The molecule has 5 heteroatoms. The van der Waals surface area contributed by atoms with Crippen molar-refractivity contribution in [3.8, 4) is 22.5 Å². The fourth-order valence-corrected chi connectivity index (χ4v) is 3.42. The molecule has 0 amide bonds. The molecule has 5 aromatic rings. The van der Waals surface area contributed by atoms with E-state index >= 15 is 0 Å². The van der Waals surface area contributed by atoms with Gasteiger partial charge in [0, 0.05) is 10.2 Å². The van der Waals surface area contributed by atoms with Crippen molar-refractivity contribution in [3.05, 3.63) is 125 Å². The van der Waals surface area contributed by atoms with Crippen LogP contribution in [0.15, 0.2) is 114 Å². The quantitative estimate of drug-likeness (QED) is 0.182. The molecule has 0 spiro atoms. The van der Waals surface area contributed by atoms with Gasteiger partial charge in [-0.05, 0) is 35.4 Å². The Bertz CT molecular complexity index is 1140. The van der Waals surface area contributed by atoms with Gasteiger partial charge in [0.1, 0.15) is 5.82 Å². The zero-order chi connectivity index (χ0) is 20.8. The van der Waals surface area contributed by atoms with E-state index in [4.69, 9.17) is 5.10 Å². The van der Waals surface area contributed by atoms with Crippen LogP contribution in [0.25, 0.3) is 22.5 Å². The predicted octanol–water partition coefficient (Wildman–Crippen LogP) is 7.29. The molecule has 0 aliphatic rings. The summed E-state index contributed by atoms with van der Waals surface area (Å²) in [5.41, 5.74) is 5.17. The van der Waals surface area contributed by atoms with Crippen molar-refractivity contribution in [1.29, 1.82) is 0 Å². The van der Waals surface area contributed by atoms with Gasteiger partial charge in [0.25, 0.3) is 0 Å². The molecule has 0 radical (unpaired) electrons. The molecule has 156 valence electrons. The Labute approximate surface area is 200 Å². The van der Waals surface area contributed by atoms with Gasteiger partial charge in [-0.2, -0.15) is 36.4 Å². The molecule has 1 heterocycles. The summed E-state index contributed by atoms with van der Waals surface area (Å²) in [5, 5.41) is 4.78. The molecule has 2 nitrogen and oxygen atoms in total. The molecule has 0 aliphatic carbocycles. The molecular weight excluding hydrogens is 495 g/mol. The van der Waals surface area contributed by atoms with E-state index in [-0.39, 0.29) is 22.9 Å². The molecule has 0 saturated heterocycles. The Balaban J connectivity index is 0.000000401. The molecule has 0 aliphatic heterocycles. The maximum Gasteiger partial charge on any atom is 2.00 e. The van der Waals surface area contributed by atoms with Crippen molar-refractivity contribution in [2.45, 2.75) is 6.54 Å². The Morgan fingerprint density at radius 3 is 2.16 bits per heavy atom. The number of hydrogen-bond donors (Lipinski definition) is 0. The molecule has 4 aromatic carbocycles. The zero-order valence-corrected chi connectivity index (χ0v) is 19.3. The second-order valence-electron chi connectivity index (χ2n) is 6.84. The normalized spacial score (nSPS) is 10.1. The third-order valence-electron chi connectivity index (χ3n) is 4.68. The van der Waals surface area contributed by atoms with E-state index < -0.39 is 0 Å². The Morgan fingerprint density at radius 1 is 0.871 bits per heavy atom. The van der Waals surface area contributed by atoms with Gasteiger partial charge < -0.3 is 0 Å². The smallest absolute Gasteiger partial charge is 0.270 e. The van der Waals surface area contributed by atoms with E-state index in [1.807, 2.05) is 59.3 Å². The van der Waals surface area contributed by atoms with Gasteiger partial charge >= 0.3 is 17.1 Å². The minimum absolute atomic E-state index is 0. The summed E-state index contributed by atoms with van der Waals surface area (Å²) in [4.78, 5) is 0. The number of rotatable bonds is 4. The predicted molar refractivity (Wildman–Crippen MR) is 124 cm³/mol. The first-order chi connectivity index (χ1) is 14.7. The van der Waals surface area contributed by atoms with Crippen molar-refractivity contribution in [2.24, 2.45) is 0 Å². The summed E-state index contributed by atoms with van der Waals surface area (Å²) in [6.45, 7) is 0.590. The third-order valence-corrected chi connectivity index (χ3v) is 5.21. The SMILES string of the molecule is Fc1ccc(Cn2nc(-c3ccc[cH-]3)cc2-c2ccc(Br)cc2)cc1.[Fe+2].c1cc[cH-]c1. The van der Waals surface area contributed by atoms with Gasteiger partial charge in [0.2, 0.25) is 0 Å². The minimum Gasteiger partial charge on any atom is -0.270 e. The fraction of sp³-hybridized carbons (Fsp3) is 0.0385. The van der Waals surface area contributed by atoms with Crippen molar-refractivity contribution in [3.63, 3.8) is 0 Å². The summed E-state index contributed by atoms with van der Waals surface area (Å²) in [6, 6.07) is 34.9. The van der Waals surface area contributed by atoms with Crippen LogP contribution in [0, 0.1) is 5.82 Å². The molecule has 1 aromatic heterocycles. The van der Waals surface area contributed by atoms with E-state index in [0.717, 1.165) is 32.6 Å². The number of hydrogen-bond acceptors (Lipinski definition) is 1. The number of aromatic nitrogens is 2. The topological polar surface area (TPSA) is 17.8 Å². The van der Waals surface area contributed by atoms with Crippen LogP contribution in [0.4, 0.5) is 4.39 Å². The van der Waals surface area contributed by atoms with E-state index in [1.165, 1.54) is 12.1 Å². The molecule has 0 saturated carbocycles. The first-order valence-corrected chi connectivity index (χ1v) is 10.5. The summed E-state index contributed by atoms with van der Waals surface area (Å²) in [6.07, 6.45) is 0. The second kappa shape index (κ2) is 11.1. The third kappa shape index (κ3) is 6.14. The van der Waals surface area contributed by atoms with Crippen molar-refractivity contribution >= 4 is 15.9 Å². The standard InChI is InChI=1S/C21H15BrFN2.C5H5.Fe/c22-18-9-7-17(8-10-18)21-13-20(16-3-1-2-4-16)24-25(21)14-15-5-11-19(23)12-6-15;1-2-4-5-3-1;/h1-13H,14H2;1-5H;/q2*-1;+2. The van der Waals surface area contributed by atoms with Gasteiger partial charge in [-0.25, -0.2) is 21.6 Å². The van der Waals surface area contributed by atoms with Crippen LogP contribution in [0.3, 0.4) is 0 Å². The molecule has 5 rings (SSSR count). The van der Waals surface area contributed by atoms with Crippen LogP contribution in [0.2, 0.25) is 0 Å². The molecule has 0 N–H and O–H groups in total. The van der Waals surface area contributed by atoms with Crippen LogP contribution >= 0.6 is 15.9 Å². The van der Waals surface area contributed by atoms with Gasteiger partial charge in [0.15, 0.2) is 0 Å². The first-order valence-electron chi connectivity index (χ1n) is 9.66. The van der Waals surface area contributed by atoms with E-state index in [0.29, 0.717) is 6.54 Å². The monoisotopic (exact) mass is 514 g/mol. The maximum absolute atomic E-state index is 13.2. The number of benzene rings is 2. The second-order valence-corrected chi connectivity index (χ2v) is 7.76. The Morgan fingerprint density at radius 2 is 1.58 bits per heavy atom. The van der Waals surface area contributed by atoms with Crippen LogP contribution in [-0.4, -0.2) is 9.78 Å². The number of nitrogens with zero attached hydrogens (tertiary/aromatic N) is 2. The summed E-state index contributed by atoms with van der Waals surface area (Å²) in [7, 11) is 0. The van der Waals surface area contributed by atoms with Gasteiger partial charge in [-0.15, -0.1) is 11.6 Å². The molecular formula is C26H20BrFFeN2. The molecule has 0 fully saturated rings. The van der Waals surface area contributed by atoms with Crippen LogP contribution in [-0.2, 0) is 23.6 Å². The first kappa shape index (κ1) is 23.0. The van der Waals surface area contributed by atoms with Gasteiger partial charge in [-0.1, -0.05) is 46.3 Å². The van der Waals surface area contributed by atoms with Crippen molar-refractivity contribution in [2.75, 3.05) is 0 Å². The average Bonchev–Trinajstić information content (AvgIpc) is 3.54. The molecule has 31 heavy (non-hydrogen) atoms. The summed E-state index contributed by atoms with van der Waals surface area (Å²) >= 11 is 3.48. The van der Waals surface area contributed by atoms with E-state index in [9.17, 15) is 4.39 Å². The average molecular weight is 515 g/mol. The van der Waals surface area contributed by atoms with Crippen molar-refractivity contribution in [1.82, 2.24) is 9.78 Å². The van der Waals surface area contributed by atoms with Gasteiger partial charge in [0.05, 0.1) is 12.2 Å². The molecule has 0 atom stereocenters. The zero-order valence-electron chi connectivity index (χ0n) is 16.6. The largest absolute Gasteiger partial charge is 2.00 e. The number of halogens is 2. The van der Waals surface area contributed by atoms with Crippen LogP contribution in [0.5, 0.6) is 0 Å². The maximum atomic E-state index is 13.2. The Kier molecular flexibility index (Phi) is 8.19. The van der Waals surface area contributed by atoms with E-state index in [1.54, 1.807) is 12.1 Å². The summed E-state index contributed by atoms with van der Waals surface area (Å²) in [5.74, 6) is -0.227. The van der Waals surface area contributed by atoms with Crippen molar-refractivity contribution < 1.29 is 21.5 Å². The van der Waals surface area contributed by atoms with Gasteiger partial charge in [-0.3, -0.25) is 4.68 Å². The minimum atomic E-state index is -0.227. The molecule has 0 unspecified atom stereocenters. The fourth-order valence-electron chi connectivity index (χ4n) is 3.16. The van der Waals surface area contributed by atoms with E-state index in [2.05, 4.69) is 46.3 Å². The van der Waals surface area contributed by atoms with Crippen LogP contribution in [0.1, 0.15) is 5.56 Å². The van der Waals surface area contributed by atoms with Crippen LogP contribution < -0.4 is 0 Å².